The minimum atomic E-state index is -1.44. The highest BCUT2D eigenvalue weighted by atomic mass is 16.7. The van der Waals surface area contributed by atoms with E-state index in [2.05, 4.69) is 54.5 Å². The van der Waals surface area contributed by atoms with Crippen LogP contribution in [0, 0.1) is 52.3 Å². The zero-order valence-electron chi connectivity index (χ0n) is 38.4. The highest BCUT2D eigenvalue weighted by Crippen LogP contribution is 2.67. The SMILES string of the molecule is CCCCCCCCCCCCCCCC(=O)OC[C@H]1O[C@@H](O[C@H]2CC[C@@]3(C)C(=CCC4C3CC[C@@]3(C)C4CC[C@@H]3C(C)CC[C@@H](CC)C(C)C)C2)[C@H](O)[C@@H](O)[C@@H]1O. The van der Waals surface area contributed by atoms with Crippen molar-refractivity contribution in [2.45, 2.75) is 246 Å². The molecule has 0 bridgehead atoms. The molecule has 14 atom stereocenters. The van der Waals surface area contributed by atoms with Crippen molar-refractivity contribution in [1.29, 1.82) is 0 Å². The van der Waals surface area contributed by atoms with E-state index in [1.807, 2.05) is 0 Å². The van der Waals surface area contributed by atoms with E-state index in [0.29, 0.717) is 17.8 Å². The molecule has 1 heterocycles. The molecule has 0 amide bonds. The minimum absolute atomic E-state index is 0.139. The Bertz CT molecular complexity index is 1250. The van der Waals surface area contributed by atoms with Crippen LogP contribution in [0.4, 0.5) is 0 Å². The van der Waals surface area contributed by atoms with Crippen LogP contribution in [0.2, 0.25) is 0 Å². The molecule has 5 aliphatic rings. The van der Waals surface area contributed by atoms with Gasteiger partial charge < -0.3 is 29.5 Å². The number of fused-ring (bicyclic) bond motifs is 5. The van der Waals surface area contributed by atoms with Crippen molar-refractivity contribution in [3.8, 4) is 0 Å². The molecule has 0 aromatic rings. The van der Waals surface area contributed by atoms with Crippen molar-refractivity contribution in [1.82, 2.24) is 0 Å². The molecular weight excluding hydrogens is 725 g/mol. The van der Waals surface area contributed by atoms with Crippen molar-refractivity contribution in [3.63, 3.8) is 0 Å². The lowest BCUT2D eigenvalue weighted by Crippen LogP contribution is -2.60. The summed E-state index contributed by atoms with van der Waals surface area (Å²) in [6, 6.07) is 0. The van der Waals surface area contributed by atoms with Crippen molar-refractivity contribution < 1.29 is 34.3 Å². The molecule has 0 aromatic heterocycles. The van der Waals surface area contributed by atoms with E-state index >= 15 is 0 Å². The number of rotatable bonds is 24. The number of unbranched alkanes of at least 4 members (excludes halogenated alkanes) is 12. The van der Waals surface area contributed by atoms with Crippen LogP contribution in [0.5, 0.6) is 0 Å². The first-order valence-corrected chi connectivity index (χ1v) is 25.0. The summed E-state index contributed by atoms with van der Waals surface area (Å²) in [4.78, 5) is 12.6. The molecule has 336 valence electrons. The third-order valence-corrected chi connectivity index (χ3v) is 17.2. The lowest BCUT2D eigenvalue weighted by atomic mass is 9.47. The summed E-state index contributed by atoms with van der Waals surface area (Å²) in [5.74, 6) is 5.24. The Labute approximate surface area is 355 Å². The van der Waals surface area contributed by atoms with Crippen LogP contribution in [0.25, 0.3) is 0 Å². The van der Waals surface area contributed by atoms with Gasteiger partial charge in [0, 0.05) is 6.42 Å². The Morgan fingerprint density at radius 2 is 1.45 bits per heavy atom. The van der Waals surface area contributed by atoms with Gasteiger partial charge in [-0.25, -0.2) is 0 Å². The Hall–Kier alpha value is -0.990. The molecule has 0 spiro atoms. The normalized spacial score (nSPS) is 37.1. The van der Waals surface area contributed by atoms with Gasteiger partial charge in [-0.2, -0.15) is 0 Å². The molecule has 3 N–H and O–H groups in total. The second-order valence-corrected chi connectivity index (χ2v) is 21.1. The number of carbonyl (C=O) groups is 1. The van der Waals surface area contributed by atoms with Crippen LogP contribution in [-0.4, -0.2) is 64.7 Å². The lowest BCUT2D eigenvalue weighted by molar-refractivity contribution is -0.313. The number of aliphatic hydroxyl groups excluding tert-OH is 3. The van der Waals surface area contributed by atoms with Gasteiger partial charge in [0.1, 0.15) is 31.0 Å². The molecule has 58 heavy (non-hydrogen) atoms. The van der Waals surface area contributed by atoms with Crippen LogP contribution < -0.4 is 0 Å². The number of aliphatic hydroxyl groups is 3. The van der Waals surface area contributed by atoms with E-state index in [4.69, 9.17) is 14.2 Å². The van der Waals surface area contributed by atoms with Crippen LogP contribution in [0.3, 0.4) is 0 Å². The fraction of sp³-hybridized carbons (Fsp3) is 0.941. The summed E-state index contributed by atoms with van der Waals surface area (Å²) in [7, 11) is 0. The number of esters is 1. The average Bonchev–Trinajstić information content (AvgIpc) is 3.56. The van der Waals surface area contributed by atoms with Crippen molar-refractivity contribution in [3.05, 3.63) is 11.6 Å². The summed E-state index contributed by atoms with van der Waals surface area (Å²) in [6.07, 6.45) is 26.1. The molecule has 0 radical (unpaired) electrons. The first kappa shape index (κ1) is 48.0. The maximum atomic E-state index is 12.6. The zero-order valence-corrected chi connectivity index (χ0v) is 38.4. The molecular formula is C51H90O7. The summed E-state index contributed by atoms with van der Waals surface area (Å²) in [6.45, 7) is 17.0. The second-order valence-electron chi connectivity index (χ2n) is 21.1. The van der Waals surface area contributed by atoms with E-state index in [9.17, 15) is 20.1 Å². The van der Waals surface area contributed by atoms with Gasteiger partial charge >= 0.3 is 5.97 Å². The van der Waals surface area contributed by atoms with Crippen molar-refractivity contribution >= 4 is 5.97 Å². The van der Waals surface area contributed by atoms with Crippen LogP contribution >= 0.6 is 0 Å². The number of allylic oxidation sites excluding steroid dienone is 1. The Balaban J connectivity index is 1.04. The van der Waals surface area contributed by atoms with Crippen LogP contribution in [0.15, 0.2) is 11.6 Å². The van der Waals surface area contributed by atoms with Crippen molar-refractivity contribution in [2.24, 2.45) is 52.3 Å². The molecule has 1 aliphatic heterocycles. The predicted molar refractivity (Wildman–Crippen MR) is 235 cm³/mol. The van der Waals surface area contributed by atoms with Crippen LogP contribution in [-0.2, 0) is 19.0 Å². The van der Waals surface area contributed by atoms with E-state index in [1.54, 1.807) is 0 Å². The highest BCUT2D eigenvalue weighted by Gasteiger charge is 2.59. The van der Waals surface area contributed by atoms with Crippen molar-refractivity contribution in [2.75, 3.05) is 6.61 Å². The molecule has 7 heteroatoms. The Morgan fingerprint density at radius 3 is 2.09 bits per heavy atom. The summed E-state index contributed by atoms with van der Waals surface area (Å²) < 4.78 is 18.0. The van der Waals surface area contributed by atoms with Gasteiger partial charge in [-0.05, 0) is 116 Å². The van der Waals surface area contributed by atoms with E-state index in [0.717, 1.165) is 80.5 Å². The first-order valence-electron chi connectivity index (χ1n) is 25.0. The number of ether oxygens (including phenoxy) is 3. The van der Waals surface area contributed by atoms with Gasteiger partial charge in [0.2, 0.25) is 0 Å². The minimum Gasteiger partial charge on any atom is -0.463 e. The summed E-state index contributed by atoms with van der Waals surface area (Å²) in [5.41, 5.74) is 2.13. The van der Waals surface area contributed by atoms with Gasteiger partial charge in [0.15, 0.2) is 6.29 Å². The third kappa shape index (κ3) is 11.9. The summed E-state index contributed by atoms with van der Waals surface area (Å²) >= 11 is 0. The quantitative estimate of drug-likeness (QED) is 0.0506. The second kappa shape index (κ2) is 22.9. The highest BCUT2D eigenvalue weighted by molar-refractivity contribution is 5.69. The average molecular weight is 815 g/mol. The van der Waals surface area contributed by atoms with Gasteiger partial charge in [-0.15, -0.1) is 0 Å². The standard InChI is InChI=1S/C51H90O7/c1-8-10-11-12-13-14-15-16-17-18-19-20-21-22-45(52)56-34-44-46(53)47(54)48(55)49(58-44)57-39-29-31-50(6)38(33-39)25-26-40-42-28-27-41(51(42,7)32-30-43(40)50)36(5)23-24-37(9-2)35(3)4/h25,35-37,39-44,46-49,53-55H,8-24,26-34H2,1-7H3/t36?,37-,39+,40?,41-,42?,43?,44-,46-,47+,48-,49-,50+,51-/m1/s1. The maximum absolute atomic E-state index is 12.6. The fourth-order valence-corrected chi connectivity index (χ4v) is 13.3. The Morgan fingerprint density at radius 1 is 0.793 bits per heavy atom. The molecule has 4 unspecified atom stereocenters. The predicted octanol–water partition coefficient (Wildman–Crippen LogP) is 11.9. The van der Waals surface area contributed by atoms with E-state index in [-0.39, 0.29) is 24.1 Å². The molecule has 7 nitrogen and oxygen atoms in total. The Kier molecular flexibility index (Phi) is 19.0. The van der Waals surface area contributed by atoms with Gasteiger partial charge in [0.25, 0.3) is 0 Å². The molecule has 3 saturated carbocycles. The molecule has 4 fully saturated rings. The van der Waals surface area contributed by atoms with Gasteiger partial charge in [0.05, 0.1) is 6.10 Å². The largest absolute Gasteiger partial charge is 0.463 e. The molecule has 0 aromatic carbocycles. The molecule has 5 rings (SSSR count). The fourth-order valence-electron chi connectivity index (χ4n) is 13.3. The number of carbonyl (C=O) groups excluding carboxylic acids is 1. The van der Waals surface area contributed by atoms with E-state index < -0.39 is 30.7 Å². The lowest BCUT2D eigenvalue weighted by Gasteiger charge is -2.58. The smallest absolute Gasteiger partial charge is 0.305 e. The summed E-state index contributed by atoms with van der Waals surface area (Å²) in [5, 5.41) is 32.5. The topological polar surface area (TPSA) is 105 Å². The van der Waals surface area contributed by atoms with Crippen LogP contribution in [0.1, 0.15) is 209 Å². The molecule has 1 saturated heterocycles. The molecule has 4 aliphatic carbocycles. The zero-order chi connectivity index (χ0) is 41.9. The first-order chi connectivity index (χ1) is 27.8. The maximum Gasteiger partial charge on any atom is 0.305 e. The van der Waals surface area contributed by atoms with E-state index in [1.165, 1.54) is 115 Å². The monoisotopic (exact) mass is 815 g/mol. The number of hydrogen-bond donors (Lipinski definition) is 3. The van der Waals surface area contributed by atoms with Gasteiger partial charge in [-0.1, -0.05) is 150 Å². The number of hydrogen-bond acceptors (Lipinski definition) is 7. The third-order valence-electron chi connectivity index (χ3n) is 17.2. The van der Waals surface area contributed by atoms with Gasteiger partial charge in [-0.3, -0.25) is 4.79 Å².